The van der Waals surface area contributed by atoms with Crippen molar-refractivity contribution in [3.05, 3.63) is 55.9 Å². The van der Waals surface area contributed by atoms with Gasteiger partial charge in [-0.25, -0.2) is 0 Å². The monoisotopic (exact) mass is 341 g/mol. The zero-order valence-corrected chi connectivity index (χ0v) is 14.5. The Bertz CT molecular complexity index is 680. The molecule has 2 aliphatic rings. The summed E-state index contributed by atoms with van der Waals surface area (Å²) in [6, 6.07) is 4.15. The van der Waals surface area contributed by atoms with Crippen LogP contribution < -0.4 is 0 Å². The highest BCUT2D eigenvalue weighted by molar-refractivity contribution is 7.08. The number of likely N-dealkylation sites (tertiary alicyclic amines) is 1. The Morgan fingerprint density at radius 1 is 1.00 bits per heavy atom. The molecule has 0 N–H and O–H groups in total. The Morgan fingerprint density at radius 3 is 2.00 bits per heavy atom. The average Bonchev–Trinajstić information content (AvgIpc) is 3.01. The lowest BCUT2D eigenvalue weighted by Crippen LogP contribution is -2.38. The minimum Gasteiger partial charge on any atom is -0.294 e. The van der Waals surface area contributed by atoms with Crippen molar-refractivity contribution in [3.8, 4) is 0 Å². The van der Waals surface area contributed by atoms with Crippen molar-refractivity contribution < 1.29 is 4.79 Å². The van der Waals surface area contributed by atoms with Gasteiger partial charge in [-0.05, 0) is 75.7 Å². The molecule has 2 aromatic heterocycles. The summed E-state index contributed by atoms with van der Waals surface area (Å²) >= 11 is 3.35. The van der Waals surface area contributed by atoms with Gasteiger partial charge in [0.2, 0.25) is 0 Å². The summed E-state index contributed by atoms with van der Waals surface area (Å²) in [5, 5.41) is 8.32. The van der Waals surface area contributed by atoms with Crippen LogP contribution in [-0.2, 0) is 4.79 Å². The third kappa shape index (κ3) is 3.71. The number of hydrogen-bond acceptors (Lipinski definition) is 4. The van der Waals surface area contributed by atoms with Crippen molar-refractivity contribution in [1.82, 2.24) is 4.90 Å². The molecule has 0 unspecified atom stereocenters. The van der Waals surface area contributed by atoms with Crippen molar-refractivity contribution in [2.75, 3.05) is 19.6 Å². The zero-order valence-electron chi connectivity index (χ0n) is 12.9. The summed E-state index contributed by atoms with van der Waals surface area (Å²) in [5.74, 6) is 1.06. The number of Topliss-reactive ketones (excluding diaryl/α,β-unsaturated/α-hetero) is 1. The molecule has 4 rings (SSSR count). The molecule has 0 bridgehead atoms. The van der Waals surface area contributed by atoms with Crippen LogP contribution in [0.25, 0.3) is 12.2 Å². The van der Waals surface area contributed by atoms with E-state index in [1.165, 1.54) is 12.8 Å². The number of hydrogen-bond donors (Lipinski definition) is 0. The molecule has 0 radical (unpaired) electrons. The number of nitrogens with zero attached hydrogens (tertiary/aromatic N) is 1. The molecule has 1 saturated heterocycles. The first-order chi connectivity index (χ1) is 11.3. The van der Waals surface area contributed by atoms with E-state index in [0.29, 0.717) is 0 Å². The van der Waals surface area contributed by atoms with Gasteiger partial charge < -0.3 is 0 Å². The number of piperidine rings is 1. The first kappa shape index (κ1) is 15.1. The Hall–Kier alpha value is -1.49. The van der Waals surface area contributed by atoms with Crippen molar-refractivity contribution >= 4 is 40.6 Å². The molecule has 2 aromatic rings. The Kier molecular flexibility index (Phi) is 4.29. The van der Waals surface area contributed by atoms with E-state index in [9.17, 15) is 4.79 Å². The van der Waals surface area contributed by atoms with Crippen LogP contribution >= 0.6 is 22.7 Å². The predicted molar refractivity (Wildman–Crippen MR) is 98.8 cm³/mol. The highest BCUT2D eigenvalue weighted by Gasteiger charge is 2.30. The number of rotatable bonds is 4. The topological polar surface area (TPSA) is 20.3 Å². The van der Waals surface area contributed by atoms with Crippen LogP contribution in [-0.4, -0.2) is 30.3 Å². The standard InChI is InChI=1S/C19H19NOS2/c21-19-17(7-15-3-5-22-12-15)10-20(9-14-1-2-14)11-18(19)8-16-4-6-23-13-16/h3-8,12-14H,1-2,9-11H2/b17-7-,18-8+. The van der Waals surface area contributed by atoms with E-state index in [0.717, 1.165) is 47.8 Å². The van der Waals surface area contributed by atoms with Crippen LogP contribution in [0.5, 0.6) is 0 Å². The van der Waals surface area contributed by atoms with E-state index in [1.54, 1.807) is 22.7 Å². The molecule has 4 heteroatoms. The molecule has 0 atom stereocenters. The smallest absolute Gasteiger partial charge is 0.187 e. The quantitative estimate of drug-likeness (QED) is 0.759. The van der Waals surface area contributed by atoms with Crippen LogP contribution in [0.4, 0.5) is 0 Å². The molecule has 1 saturated carbocycles. The van der Waals surface area contributed by atoms with Crippen molar-refractivity contribution in [2.24, 2.45) is 5.92 Å². The molecule has 0 spiro atoms. The normalized spacial score (nSPS) is 23.0. The summed E-state index contributed by atoms with van der Waals surface area (Å²) in [6.45, 7) is 2.69. The minimum absolute atomic E-state index is 0.217. The van der Waals surface area contributed by atoms with Crippen LogP contribution in [0.3, 0.4) is 0 Å². The van der Waals surface area contributed by atoms with E-state index in [4.69, 9.17) is 0 Å². The van der Waals surface area contributed by atoms with Gasteiger partial charge in [-0.3, -0.25) is 9.69 Å². The van der Waals surface area contributed by atoms with Gasteiger partial charge in [0.1, 0.15) is 0 Å². The van der Waals surface area contributed by atoms with Crippen LogP contribution in [0.1, 0.15) is 24.0 Å². The molecule has 1 aliphatic heterocycles. The summed E-state index contributed by atoms with van der Waals surface area (Å²) in [6.07, 6.45) is 6.83. The molecule has 0 aromatic carbocycles. The maximum Gasteiger partial charge on any atom is 0.187 e. The summed E-state index contributed by atoms with van der Waals surface area (Å²) < 4.78 is 0. The SMILES string of the molecule is O=C1/C(=C\c2ccsc2)CN(CC2CC2)C/C1=C\c1ccsc1. The molecule has 2 nitrogen and oxygen atoms in total. The lowest BCUT2D eigenvalue weighted by atomic mass is 9.95. The maximum atomic E-state index is 12.9. The molecule has 1 aliphatic carbocycles. The van der Waals surface area contributed by atoms with Gasteiger partial charge in [0.25, 0.3) is 0 Å². The predicted octanol–water partition coefficient (Wildman–Crippen LogP) is 4.57. The Labute approximate surface area is 144 Å². The van der Waals surface area contributed by atoms with Gasteiger partial charge in [0.15, 0.2) is 5.78 Å². The molecule has 0 amide bonds. The second kappa shape index (κ2) is 6.56. The van der Waals surface area contributed by atoms with Crippen molar-refractivity contribution in [3.63, 3.8) is 0 Å². The largest absolute Gasteiger partial charge is 0.294 e. The van der Waals surface area contributed by atoms with E-state index in [2.05, 4.69) is 50.7 Å². The van der Waals surface area contributed by atoms with Crippen LogP contribution in [0.2, 0.25) is 0 Å². The summed E-state index contributed by atoms with van der Waals surface area (Å²) in [7, 11) is 0. The van der Waals surface area contributed by atoms with Crippen molar-refractivity contribution in [1.29, 1.82) is 0 Å². The molecular weight excluding hydrogens is 322 g/mol. The molecule has 118 valence electrons. The minimum atomic E-state index is 0.217. The number of ketones is 1. The fourth-order valence-electron chi connectivity index (χ4n) is 3.02. The highest BCUT2D eigenvalue weighted by atomic mass is 32.1. The first-order valence-electron chi connectivity index (χ1n) is 8.00. The van der Waals surface area contributed by atoms with Crippen molar-refractivity contribution in [2.45, 2.75) is 12.8 Å². The van der Waals surface area contributed by atoms with Gasteiger partial charge in [-0.1, -0.05) is 0 Å². The fraction of sp³-hybridized carbons (Fsp3) is 0.316. The Morgan fingerprint density at radius 2 is 1.57 bits per heavy atom. The number of thiophene rings is 2. The lowest BCUT2D eigenvalue weighted by molar-refractivity contribution is -0.113. The first-order valence-corrected chi connectivity index (χ1v) is 9.89. The van der Waals surface area contributed by atoms with Gasteiger partial charge in [0, 0.05) is 30.8 Å². The lowest BCUT2D eigenvalue weighted by Gasteiger charge is -2.29. The average molecular weight is 342 g/mol. The Balaban J connectivity index is 1.63. The second-order valence-corrected chi connectivity index (χ2v) is 7.95. The van der Waals surface area contributed by atoms with E-state index >= 15 is 0 Å². The maximum absolute atomic E-state index is 12.9. The molecule has 2 fully saturated rings. The van der Waals surface area contributed by atoms with Crippen LogP contribution in [0.15, 0.2) is 44.8 Å². The third-order valence-electron chi connectivity index (χ3n) is 4.35. The number of carbonyl (C=O) groups is 1. The van der Waals surface area contributed by atoms with Gasteiger partial charge in [0.05, 0.1) is 0 Å². The molecular formula is C19H19NOS2. The fourth-order valence-corrected chi connectivity index (χ4v) is 4.26. The highest BCUT2D eigenvalue weighted by Crippen LogP contribution is 2.32. The van der Waals surface area contributed by atoms with E-state index < -0.39 is 0 Å². The summed E-state index contributed by atoms with van der Waals surface area (Å²) in [4.78, 5) is 15.3. The number of carbonyl (C=O) groups excluding carboxylic acids is 1. The molecule has 23 heavy (non-hydrogen) atoms. The van der Waals surface area contributed by atoms with Gasteiger partial charge in [-0.15, -0.1) is 0 Å². The van der Waals surface area contributed by atoms with Gasteiger partial charge >= 0.3 is 0 Å². The molecule has 3 heterocycles. The summed E-state index contributed by atoms with van der Waals surface area (Å²) in [5.41, 5.74) is 4.14. The van der Waals surface area contributed by atoms with Crippen LogP contribution in [0, 0.1) is 5.92 Å². The zero-order chi connectivity index (χ0) is 15.6. The second-order valence-electron chi connectivity index (χ2n) is 6.39. The van der Waals surface area contributed by atoms with E-state index in [1.807, 2.05) is 0 Å². The van der Waals surface area contributed by atoms with Gasteiger partial charge in [-0.2, -0.15) is 22.7 Å². The third-order valence-corrected chi connectivity index (χ3v) is 5.76. The van der Waals surface area contributed by atoms with E-state index in [-0.39, 0.29) is 5.78 Å².